The zero-order valence-corrected chi connectivity index (χ0v) is 15.0. The first kappa shape index (κ1) is 17.5. The molecule has 0 saturated carbocycles. The van der Waals surface area contributed by atoms with Crippen molar-refractivity contribution in [3.8, 4) is 11.5 Å². The molecule has 0 amide bonds. The molecule has 3 rings (SSSR count). The highest BCUT2D eigenvalue weighted by Gasteiger charge is 2.18. The normalized spacial score (nSPS) is 10.6. The van der Waals surface area contributed by atoms with Crippen molar-refractivity contribution in [1.82, 2.24) is 4.98 Å². The Morgan fingerprint density at radius 1 is 1.00 bits per heavy atom. The van der Waals surface area contributed by atoms with Gasteiger partial charge in [-0.05, 0) is 26.0 Å². The highest BCUT2D eigenvalue weighted by molar-refractivity contribution is 6.00. The van der Waals surface area contributed by atoms with Gasteiger partial charge < -0.3 is 14.8 Å². The maximum Gasteiger partial charge on any atom is 0.280 e. The van der Waals surface area contributed by atoms with Crippen LogP contribution in [-0.2, 0) is 0 Å². The van der Waals surface area contributed by atoms with Gasteiger partial charge in [-0.3, -0.25) is 10.1 Å². The van der Waals surface area contributed by atoms with Crippen LogP contribution in [0.25, 0.3) is 10.8 Å². The fourth-order valence-electron chi connectivity index (χ4n) is 2.90. The van der Waals surface area contributed by atoms with Crippen molar-refractivity contribution in [3.05, 3.63) is 57.8 Å². The number of pyridine rings is 1. The Morgan fingerprint density at radius 3 is 2.23 bits per heavy atom. The van der Waals surface area contributed by atoms with Gasteiger partial charge in [0, 0.05) is 40.5 Å². The minimum atomic E-state index is -0.352. The monoisotopic (exact) mass is 353 g/mol. The second-order valence-corrected chi connectivity index (χ2v) is 5.92. The van der Waals surface area contributed by atoms with Crippen LogP contribution >= 0.6 is 0 Å². The Balaban J connectivity index is 2.17. The molecular weight excluding hydrogens is 334 g/mol. The van der Waals surface area contributed by atoms with E-state index in [0.29, 0.717) is 45.0 Å². The lowest BCUT2D eigenvalue weighted by Crippen LogP contribution is -2.00. The summed E-state index contributed by atoms with van der Waals surface area (Å²) < 4.78 is 10.6. The van der Waals surface area contributed by atoms with E-state index in [1.54, 1.807) is 51.5 Å². The van der Waals surface area contributed by atoms with Gasteiger partial charge in [0.25, 0.3) is 5.69 Å². The number of fused-ring (bicyclic) bond motifs is 1. The second kappa shape index (κ2) is 6.87. The number of anilines is 2. The van der Waals surface area contributed by atoms with Crippen molar-refractivity contribution in [1.29, 1.82) is 0 Å². The summed E-state index contributed by atoms with van der Waals surface area (Å²) >= 11 is 0. The molecule has 0 aliphatic carbocycles. The number of nitro groups is 1. The van der Waals surface area contributed by atoms with Crippen molar-refractivity contribution >= 4 is 28.0 Å². The first-order chi connectivity index (χ1) is 12.4. The quantitative estimate of drug-likeness (QED) is 0.536. The number of hydrogen-bond donors (Lipinski definition) is 1. The molecule has 7 nitrogen and oxygen atoms in total. The Kier molecular flexibility index (Phi) is 4.62. The number of aromatic nitrogens is 1. The summed E-state index contributed by atoms with van der Waals surface area (Å²) in [6, 6.07) is 10.7. The van der Waals surface area contributed by atoms with Crippen LogP contribution in [0, 0.1) is 24.0 Å². The summed E-state index contributed by atoms with van der Waals surface area (Å²) in [6.07, 6.45) is 0. The van der Waals surface area contributed by atoms with E-state index in [-0.39, 0.29) is 10.6 Å². The van der Waals surface area contributed by atoms with Crippen molar-refractivity contribution in [2.24, 2.45) is 0 Å². The van der Waals surface area contributed by atoms with Crippen molar-refractivity contribution in [2.45, 2.75) is 13.8 Å². The van der Waals surface area contributed by atoms with Gasteiger partial charge >= 0.3 is 0 Å². The van der Waals surface area contributed by atoms with Crippen LogP contribution in [0.5, 0.6) is 11.5 Å². The van der Waals surface area contributed by atoms with E-state index in [1.807, 2.05) is 13.0 Å². The molecule has 0 atom stereocenters. The number of nitrogens with one attached hydrogen (secondary N) is 1. The third-order valence-corrected chi connectivity index (χ3v) is 4.11. The lowest BCUT2D eigenvalue weighted by atomic mass is 10.0. The molecule has 0 fully saturated rings. The van der Waals surface area contributed by atoms with Gasteiger partial charge in [-0.2, -0.15) is 0 Å². The Bertz CT molecular complexity index is 979. The third kappa shape index (κ3) is 3.23. The first-order valence-corrected chi connectivity index (χ1v) is 7.98. The van der Waals surface area contributed by atoms with E-state index >= 15 is 0 Å². The summed E-state index contributed by atoms with van der Waals surface area (Å²) in [4.78, 5) is 15.7. The topological polar surface area (TPSA) is 86.5 Å². The second-order valence-electron chi connectivity index (χ2n) is 5.92. The number of nitro benzene ring substituents is 1. The van der Waals surface area contributed by atoms with Crippen LogP contribution in [0.15, 0.2) is 36.4 Å². The van der Waals surface area contributed by atoms with E-state index in [1.165, 1.54) is 0 Å². The van der Waals surface area contributed by atoms with Crippen molar-refractivity contribution in [2.75, 3.05) is 19.5 Å². The minimum absolute atomic E-state index is 0.0965. The average Bonchev–Trinajstić information content (AvgIpc) is 2.60. The third-order valence-electron chi connectivity index (χ3n) is 4.11. The molecule has 134 valence electrons. The standard InChI is InChI=1S/C19H19N3O4/c1-11-5-6-16-17(18(11)22(23)24)7-12(2)20-19(16)21-13-8-14(25-3)10-15(9-13)26-4/h5-10H,1-4H3,(H,20,21). The van der Waals surface area contributed by atoms with Crippen LogP contribution in [-0.4, -0.2) is 24.1 Å². The molecule has 0 saturated heterocycles. The lowest BCUT2D eigenvalue weighted by molar-refractivity contribution is -0.383. The maximum absolute atomic E-state index is 11.5. The molecule has 1 aromatic heterocycles. The molecule has 3 aromatic rings. The van der Waals surface area contributed by atoms with Crippen LogP contribution in [0.3, 0.4) is 0 Å². The van der Waals surface area contributed by atoms with E-state index in [2.05, 4.69) is 10.3 Å². The van der Waals surface area contributed by atoms with Crippen molar-refractivity contribution in [3.63, 3.8) is 0 Å². The minimum Gasteiger partial charge on any atom is -0.497 e. The van der Waals surface area contributed by atoms with E-state index < -0.39 is 0 Å². The van der Waals surface area contributed by atoms with Gasteiger partial charge in [-0.1, -0.05) is 6.07 Å². The summed E-state index contributed by atoms with van der Waals surface area (Å²) in [5, 5.41) is 16.0. The summed E-state index contributed by atoms with van der Waals surface area (Å²) in [6.45, 7) is 3.54. The van der Waals surface area contributed by atoms with E-state index in [9.17, 15) is 10.1 Å². The molecule has 0 spiro atoms. The van der Waals surface area contributed by atoms with Crippen LogP contribution in [0.4, 0.5) is 17.2 Å². The van der Waals surface area contributed by atoms with Crippen LogP contribution < -0.4 is 14.8 Å². The summed E-state index contributed by atoms with van der Waals surface area (Å²) in [7, 11) is 3.15. The lowest BCUT2D eigenvalue weighted by Gasteiger charge is -2.13. The number of rotatable bonds is 5. The predicted molar refractivity (Wildman–Crippen MR) is 101 cm³/mol. The predicted octanol–water partition coefficient (Wildman–Crippen LogP) is 4.52. The Morgan fingerprint density at radius 2 is 1.65 bits per heavy atom. The molecule has 0 aliphatic rings. The highest BCUT2D eigenvalue weighted by atomic mass is 16.6. The zero-order chi connectivity index (χ0) is 18.8. The molecule has 0 radical (unpaired) electrons. The fraction of sp³-hybridized carbons (Fsp3) is 0.211. The largest absolute Gasteiger partial charge is 0.497 e. The Hall–Kier alpha value is -3.35. The fourth-order valence-corrected chi connectivity index (χ4v) is 2.90. The molecule has 1 N–H and O–H groups in total. The van der Waals surface area contributed by atoms with Gasteiger partial charge in [0.1, 0.15) is 17.3 Å². The molecule has 7 heteroatoms. The SMILES string of the molecule is COc1cc(Nc2nc(C)cc3c([N+](=O)[O-])c(C)ccc23)cc(OC)c1. The molecule has 0 aliphatic heterocycles. The highest BCUT2D eigenvalue weighted by Crippen LogP contribution is 2.35. The number of benzene rings is 2. The number of ether oxygens (including phenoxy) is 2. The van der Waals surface area contributed by atoms with E-state index in [4.69, 9.17) is 9.47 Å². The summed E-state index contributed by atoms with van der Waals surface area (Å²) in [5.74, 6) is 1.80. The molecule has 1 heterocycles. The maximum atomic E-state index is 11.5. The van der Waals surface area contributed by atoms with Crippen molar-refractivity contribution < 1.29 is 14.4 Å². The first-order valence-electron chi connectivity index (χ1n) is 7.98. The Labute approximate surface area is 150 Å². The smallest absolute Gasteiger partial charge is 0.280 e. The number of methoxy groups -OCH3 is 2. The van der Waals surface area contributed by atoms with Gasteiger partial charge in [0.15, 0.2) is 0 Å². The average molecular weight is 353 g/mol. The van der Waals surface area contributed by atoms with E-state index in [0.717, 1.165) is 0 Å². The van der Waals surface area contributed by atoms with Gasteiger partial charge in [-0.15, -0.1) is 0 Å². The molecule has 0 bridgehead atoms. The molecular formula is C19H19N3O4. The number of hydrogen-bond acceptors (Lipinski definition) is 6. The van der Waals surface area contributed by atoms with Crippen LogP contribution in [0.2, 0.25) is 0 Å². The van der Waals surface area contributed by atoms with Gasteiger partial charge in [0.2, 0.25) is 0 Å². The number of aryl methyl sites for hydroxylation is 2. The molecule has 2 aromatic carbocycles. The molecule has 0 unspecified atom stereocenters. The van der Waals surface area contributed by atoms with Crippen LogP contribution in [0.1, 0.15) is 11.3 Å². The number of nitrogens with zero attached hydrogens (tertiary/aromatic N) is 2. The van der Waals surface area contributed by atoms with Gasteiger partial charge in [-0.25, -0.2) is 4.98 Å². The summed E-state index contributed by atoms with van der Waals surface area (Å²) in [5.41, 5.74) is 2.11. The van der Waals surface area contributed by atoms with Gasteiger partial charge in [0.05, 0.1) is 24.5 Å². The molecule has 26 heavy (non-hydrogen) atoms. The zero-order valence-electron chi connectivity index (χ0n) is 15.0.